The van der Waals surface area contributed by atoms with Crippen LogP contribution in [0.5, 0.6) is 5.75 Å². The maximum atomic E-state index is 13.4. The Balaban J connectivity index is 1.79. The molecule has 4 heteroatoms. The molecule has 1 heterocycles. The minimum absolute atomic E-state index is 0.268. The van der Waals surface area contributed by atoms with Crippen molar-refractivity contribution in [3.8, 4) is 5.75 Å². The zero-order chi connectivity index (χ0) is 25.7. The van der Waals surface area contributed by atoms with Crippen molar-refractivity contribution in [3.63, 3.8) is 0 Å². The van der Waals surface area contributed by atoms with E-state index in [2.05, 4.69) is 60.8 Å². The van der Waals surface area contributed by atoms with Crippen molar-refractivity contribution in [3.05, 3.63) is 101 Å². The standard InChI is InChI=1S/C32H36FNO2/c1-22-7-9-24(10-8-22)29(6-5-19-33)30(25-13-11-23(12-14-25)27-20-34-21-27)26-15-17-28(18-16-26)36-31(35)32(2,3)4/h7-18,27,34H,5-6,19-21H2,1-4H3/b30-29+. The molecule has 0 unspecified atom stereocenters. The van der Waals surface area contributed by atoms with E-state index in [1.54, 1.807) is 0 Å². The van der Waals surface area contributed by atoms with Crippen LogP contribution in [0.25, 0.3) is 11.1 Å². The summed E-state index contributed by atoms with van der Waals surface area (Å²) in [6, 6.07) is 24.9. The first-order valence-corrected chi connectivity index (χ1v) is 12.8. The lowest BCUT2D eigenvalue weighted by molar-refractivity contribution is -0.142. The molecule has 1 aliphatic rings. The predicted molar refractivity (Wildman–Crippen MR) is 146 cm³/mol. The molecule has 0 atom stereocenters. The van der Waals surface area contributed by atoms with Crippen LogP contribution in [-0.4, -0.2) is 25.7 Å². The third kappa shape index (κ3) is 6.11. The second kappa shape index (κ2) is 11.2. The van der Waals surface area contributed by atoms with Gasteiger partial charge < -0.3 is 10.1 Å². The summed E-state index contributed by atoms with van der Waals surface area (Å²) in [6.45, 7) is 9.26. The number of carbonyl (C=O) groups is 1. The summed E-state index contributed by atoms with van der Waals surface area (Å²) >= 11 is 0. The number of benzene rings is 3. The molecule has 0 radical (unpaired) electrons. The molecule has 1 saturated heterocycles. The third-order valence-corrected chi connectivity index (χ3v) is 6.68. The van der Waals surface area contributed by atoms with Crippen LogP contribution in [-0.2, 0) is 4.79 Å². The van der Waals surface area contributed by atoms with E-state index in [1.807, 2.05) is 45.0 Å². The number of esters is 1. The Hall–Kier alpha value is -3.24. The van der Waals surface area contributed by atoms with Gasteiger partial charge in [-0.05, 0) is 86.1 Å². The number of hydrogen-bond acceptors (Lipinski definition) is 3. The van der Waals surface area contributed by atoms with E-state index in [9.17, 15) is 9.18 Å². The van der Waals surface area contributed by atoms with Gasteiger partial charge in [0.2, 0.25) is 0 Å². The lowest BCUT2D eigenvalue weighted by atomic mass is 9.85. The Morgan fingerprint density at radius 2 is 1.44 bits per heavy atom. The molecule has 188 valence electrons. The van der Waals surface area contributed by atoms with Crippen molar-refractivity contribution in [2.75, 3.05) is 19.8 Å². The zero-order valence-electron chi connectivity index (χ0n) is 21.7. The molecular formula is C32H36FNO2. The van der Waals surface area contributed by atoms with E-state index in [0.717, 1.165) is 40.9 Å². The lowest BCUT2D eigenvalue weighted by Gasteiger charge is -2.27. The number of rotatable bonds is 8. The van der Waals surface area contributed by atoms with Gasteiger partial charge in [0, 0.05) is 19.0 Å². The van der Waals surface area contributed by atoms with Gasteiger partial charge in [0.05, 0.1) is 12.1 Å². The quantitative estimate of drug-likeness (QED) is 0.206. The number of nitrogens with one attached hydrogen (secondary N) is 1. The average Bonchev–Trinajstić information content (AvgIpc) is 2.82. The fourth-order valence-electron chi connectivity index (χ4n) is 4.32. The van der Waals surface area contributed by atoms with Crippen LogP contribution < -0.4 is 10.1 Å². The van der Waals surface area contributed by atoms with Gasteiger partial charge in [-0.1, -0.05) is 66.2 Å². The van der Waals surface area contributed by atoms with Crippen molar-refractivity contribution in [2.45, 2.75) is 46.5 Å². The molecule has 0 saturated carbocycles. The largest absolute Gasteiger partial charge is 0.426 e. The summed E-state index contributed by atoms with van der Waals surface area (Å²) in [5, 5.41) is 3.34. The van der Waals surface area contributed by atoms with Gasteiger partial charge in [-0.3, -0.25) is 9.18 Å². The van der Waals surface area contributed by atoms with E-state index >= 15 is 0 Å². The molecule has 0 bridgehead atoms. The van der Waals surface area contributed by atoms with Gasteiger partial charge in [0.1, 0.15) is 5.75 Å². The predicted octanol–water partition coefficient (Wildman–Crippen LogP) is 7.34. The highest BCUT2D eigenvalue weighted by Crippen LogP contribution is 2.37. The first kappa shape index (κ1) is 25.8. The fourth-order valence-corrected chi connectivity index (χ4v) is 4.32. The summed E-state index contributed by atoms with van der Waals surface area (Å²) in [4.78, 5) is 12.4. The number of hydrogen-bond donors (Lipinski definition) is 1. The Labute approximate surface area is 214 Å². The monoisotopic (exact) mass is 485 g/mol. The molecule has 0 aliphatic carbocycles. The molecule has 3 aromatic carbocycles. The lowest BCUT2D eigenvalue weighted by Crippen LogP contribution is -2.39. The van der Waals surface area contributed by atoms with Crippen LogP contribution >= 0.6 is 0 Å². The normalized spacial score (nSPS) is 14.7. The molecule has 0 aromatic heterocycles. The van der Waals surface area contributed by atoms with Crippen molar-refractivity contribution < 1.29 is 13.9 Å². The van der Waals surface area contributed by atoms with E-state index < -0.39 is 5.41 Å². The topological polar surface area (TPSA) is 38.3 Å². The Kier molecular flexibility index (Phi) is 8.05. The second-order valence-electron chi connectivity index (χ2n) is 10.7. The second-order valence-corrected chi connectivity index (χ2v) is 10.7. The Bertz CT molecular complexity index is 1200. The molecule has 1 aliphatic heterocycles. The fraction of sp³-hybridized carbons (Fsp3) is 0.344. The average molecular weight is 486 g/mol. The SMILES string of the molecule is Cc1ccc(/C(CCCF)=C(/c2ccc(OC(=O)C(C)(C)C)cc2)c2ccc(C3CNC3)cc2)cc1. The highest BCUT2D eigenvalue weighted by molar-refractivity contribution is 5.98. The van der Waals surface area contributed by atoms with Crippen LogP contribution in [0, 0.1) is 12.3 Å². The molecule has 1 N–H and O–H groups in total. The molecule has 36 heavy (non-hydrogen) atoms. The first-order chi connectivity index (χ1) is 17.3. The zero-order valence-corrected chi connectivity index (χ0v) is 21.7. The molecule has 3 aromatic rings. The number of carbonyl (C=O) groups excluding carboxylic acids is 1. The van der Waals surface area contributed by atoms with Gasteiger partial charge in [-0.15, -0.1) is 0 Å². The van der Waals surface area contributed by atoms with Gasteiger partial charge in [0.15, 0.2) is 0 Å². The van der Waals surface area contributed by atoms with E-state index in [-0.39, 0.29) is 12.6 Å². The third-order valence-electron chi connectivity index (χ3n) is 6.68. The van der Waals surface area contributed by atoms with Crippen molar-refractivity contribution in [1.82, 2.24) is 5.32 Å². The number of halogens is 1. The van der Waals surface area contributed by atoms with E-state index in [1.165, 1.54) is 11.1 Å². The minimum atomic E-state index is -0.577. The van der Waals surface area contributed by atoms with E-state index in [4.69, 9.17) is 4.74 Å². The highest BCUT2D eigenvalue weighted by Gasteiger charge is 2.24. The molecule has 0 amide bonds. The number of alkyl halides is 1. The molecular weight excluding hydrogens is 449 g/mol. The number of allylic oxidation sites excluding steroid dienone is 1. The number of ether oxygens (including phenoxy) is 1. The maximum absolute atomic E-state index is 13.4. The van der Waals surface area contributed by atoms with Gasteiger partial charge in [0.25, 0.3) is 0 Å². The highest BCUT2D eigenvalue weighted by atomic mass is 19.1. The molecule has 4 rings (SSSR count). The molecule has 0 spiro atoms. The summed E-state index contributed by atoms with van der Waals surface area (Å²) in [5.41, 5.74) is 7.35. The smallest absolute Gasteiger partial charge is 0.316 e. The van der Waals surface area contributed by atoms with Crippen molar-refractivity contribution >= 4 is 17.1 Å². The van der Waals surface area contributed by atoms with Crippen LogP contribution in [0.15, 0.2) is 72.8 Å². The Morgan fingerprint density at radius 3 is 1.94 bits per heavy atom. The summed E-state index contributed by atoms with van der Waals surface area (Å²) < 4.78 is 19.0. The van der Waals surface area contributed by atoms with Gasteiger partial charge in [-0.25, -0.2) is 0 Å². The summed E-state index contributed by atoms with van der Waals surface area (Å²) in [7, 11) is 0. The van der Waals surface area contributed by atoms with Crippen molar-refractivity contribution in [1.29, 1.82) is 0 Å². The maximum Gasteiger partial charge on any atom is 0.316 e. The number of aryl methyl sites for hydroxylation is 1. The molecule has 3 nitrogen and oxygen atoms in total. The van der Waals surface area contributed by atoms with Gasteiger partial charge >= 0.3 is 5.97 Å². The first-order valence-electron chi connectivity index (χ1n) is 12.8. The van der Waals surface area contributed by atoms with Crippen molar-refractivity contribution in [2.24, 2.45) is 5.41 Å². The van der Waals surface area contributed by atoms with E-state index in [0.29, 0.717) is 24.5 Å². The van der Waals surface area contributed by atoms with Gasteiger partial charge in [-0.2, -0.15) is 0 Å². The molecule has 1 fully saturated rings. The van der Waals surface area contributed by atoms with Crippen LogP contribution in [0.2, 0.25) is 0 Å². The van der Waals surface area contributed by atoms with Crippen LogP contribution in [0.1, 0.15) is 67.3 Å². The van der Waals surface area contributed by atoms with Crippen LogP contribution in [0.3, 0.4) is 0 Å². The van der Waals surface area contributed by atoms with Crippen LogP contribution in [0.4, 0.5) is 4.39 Å². The minimum Gasteiger partial charge on any atom is -0.426 e. The summed E-state index contributed by atoms with van der Waals surface area (Å²) in [5.74, 6) is 0.813. The summed E-state index contributed by atoms with van der Waals surface area (Å²) in [6.07, 6.45) is 1.09. The Morgan fingerprint density at radius 1 is 0.889 bits per heavy atom.